The first-order valence-electron chi connectivity index (χ1n) is 8.37. The molecule has 9 heteroatoms. The minimum absolute atomic E-state index is 0.0230. The molecule has 0 fully saturated rings. The number of thiocarbonyl (C=S) groups is 1. The number of anilines is 1. The van der Waals surface area contributed by atoms with Crippen LogP contribution in [0, 0.1) is 10.1 Å². The number of allylic oxidation sites excluding steroid dienone is 1. The van der Waals surface area contributed by atoms with Crippen LogP contribution in [-0.4, -0.2) is 23.1 Å². The summed E-state index contributed by atoms with van der Waals surface area (Å²) < 4.78 is 5.12. The lowest BCUT2D eigenvalue weighted by Crippen LogP contribution is -2.45. The summed E-state index contributed by atoms with van der Waals surface area (Å²) in [5.41, 5.74) is 2.33. The van der Waals surface area contributed by atoms with Crippen molar-refractivity contribution in [1.82, 2.24) is 10.6 Å². The molecule has 3 rings (SSSR count). The number of carbonyl (C=O) groups excluding carboxylic acids is 1. The van der Waals surface area contributed by atoms with Crippen molar-refractivity contribution in [1.29, 1.82) is 0 Å². The van der Waals surface area contributed by atoms with Crippen LogP contribution >= 0.6 is 12.2 Å². The second kappa shape index (κ2) is 8.05. The molecule has 1 heterocycles. The van der Waals surface area contributed by atoms with Crippen LogP contribution in [0.4, 0.5) is 11.4 Å². The molecule has 0 aromatic heterocycles. The van der Waals surface area contributed by atoms with Gasteiger partial charge in [0.1, 0.15) is 5.75 Å². The Morgan fingerprint density at radius 2 is 1.82 bits per heavy atom. The van der Waals surface area contributed by atoms with Crippen molar-refractivity contribution in [2.75, 3.05) is 12.4 Å². The molecule has 2 aromatic rings. The number of hydrogen-bond acceptors (Lipinski definition) is 5. The van der Waals surface area contributed by atoms with E-state index < -0.39 is 11.0 Å². The van der Waals surface area contributed by atoms with Crippen molar-refractivity contribution in [3.05, 3.63) is 75.5 Å². The fourth-order valence-corrected chi connectivity index (χ4v) is 3.18. The Morgan fingerprint density at radius 3 is 2.39 bits per heavy atom. The summed E-state index contributed by atoms with van der Waals surface area (Å²) in [5, 5.41) is 20.1. The standard InChI is InChI=1S/C19H18N4O4S/c1-11-16(18(24)21-13-5-9-15(27-2)10-6-13)17(22-19(28)20-11)12-3-7-14(8-4-12)23(25)26/h3-10,17H,1-2H3,(H,21,24)(H2,20,22,28). The summed E-state index contributed by atoms with van der Waals surface area (Å²) in [7, 11) is 1.57. The minimum atomic E-state index is -0.534. The van der Waals surface area contributed by atoms with E-state index in [1.54, 1.807) is 50.4 Å². The number of hydrogen-bond donors (Lipinski definition) is 3. The number of rotatable bonds is 5. The molecule has 0 bridgehead atoms. The predicted molar refractivity (Wildman–Crippen MR) is 109 cm³/mol. The molecule has 1 aliphatic heterocycles. The molecule has 0 aliphatic carbocycles. The summed E-state index contributed by atoms with van der Waals surface area (Å²) in [5.74, 6) is 0.372. The number of non-ortho nitro benzene ring substituents is 1. The number of ether oxygens (including phenoxy) is 1. The predicted octanol–water partition coefficient (Wildman–Crippen LogP) is 3.03. The van der Waals surface area contributed by atoms with Gasteiger partial charge in [-0.1, -0.05) is 0 Å². The quantitative estimate of drug-likeness (QED) is 0.404. The third-order valence-corrected chi connectivity index (χ3v) is 4.52. The van der Waals surface area contributed by atoms with Crippen LogP contribution in [0.25, 0.3) is 0 Å². The second-order valence-corrected chi connectivity index (χ2v) is 6.51. The molecule has 1 amide bonds. The van der Waals surface area contributed by atoms with Crippen LogP contribution in [0.5, 0.6) is 5.75 Å². The van der Waals surface area contributed by atoms with Crippen LogP contribution in [0.3, 0.4) is 0 Å². The zero-order valence-corrected chi connectivity index (χ0v) is 16.0. The van der Waals surface area contributed by atoms with Crippen LogP contribution in [0.1, 0.15) is 18.5 Å². The molecule has 1 atom stereocenters. The van der Waals surface area contributed by atoms with Crippen molar-refractivity contribution in [3.63, 3.8) is 0 Å². The minimum Gasteiger partial charge on any atom is -0.497 e. The van der Waals surface area contributed by atoms with Gasteiger partial charge in [0.05, 0.1) is 23.6 Å². The molecule has 144 valence electrons. The van der Waals surface area contributed by atoms with E-state index in [-0.39, 0.29) is 11.6 Å². The highest BCUT2D eigenvalue weighted by molar-refractivity contribution is 7.80. The van der Waals surface area contributed by atoms with Crippen LogP contribution < -0.4 is 20.7 Å². The maximum atomic E-state index is 13.0. The molecule has 0 radical (unpaired) electrons. The number of methoxy groups -OCH3 is 1. The van der Waals surface area contributed by atoms with Gasteiger partial charge < -0.3 is 20.7 Å². The fourth-order valence-electron chi connectivity index (χ4n) is 2.91. The first kappa shape index (κ1) is 19.3. The monoisotopic (exact) mass is 398 g/mol. The van der Waals surface area contributed by atoms with Gasteiger partial charge in [-0.15, -0.1) is 0 Å². The third kappa shape index (κ3) is 4.09. The second-order valence-electron chi connectivity index (χ2n) is 6.10. The Hall–Kier alpha value is -3.46. The lowest BCUT2D eigenvalue weighted by molar-refractivity contribution is -0.384. The molecule has 28 heavy (non-hydrogen) atoms. The maximum absolute atomic E-state index is 13.0. The Bertz CT molecular complexity index is 955. The van der Waals surface area contributed by atoms with E-state index in [4.69, 9.17) is 17.0 Å². The molecular formula is C19H18N4O4S. The molecule has 0 saturated heterocycles. The Labute approximate surface area is 166 Å². The van der Waals surface area contributed by atoms with Gasteiger partial charge in [-0.25, -0.2) is 0 Å². The Morgan fingerprint density at radius 1 is 1.18 bits per heavy atom. The van der Waals surface area contributed by atoms with Crippen LogP contribution in [0.15, 0.2) is 59.8 Å². The molecule has 2 aromatic carbocycles. The summed E-state index contributed by atoms with van der Waals surface area (Å²) in [4.78, 5) is 23.4. The van der Waals surface area contributed by atoms with Crippen molar-refractivity contribution in [3.8, 4) is 5.75 Å². The fraction of sp³-hybridized carbons (Fsp3) is 0.158. The zero-order chi connectivity index (χ0) is 20.3. The van der Waals surface area contributed by atoms with Crippen molar-refractivity contribution >= 4 is 34.6 Å². The van der Waals surface area contributed by atoms with Gasteiger partial charge >= 0.3 is 0 Å². The van der Waals surface area contributed by atoms with Gasteiger partial charge in [0, 0.05) is 23.5 Å². The van der Waals surface area contributed by atoms with E-state index >= 15 is 0 Å². The molecule has 0 saturated carbocycles. The highest BCUT2D eigenvalue weighted by atomic mass is 32.1. The average Bonchev–Trinajstić information content (AvgIpc) is 2.68. The summed E-state index contributed by atoms with van der Waals surface area (Å²) in [6, 6.07) is 12.5. The number of nitro benzene ring substituents is 1. The maximum Gasteiger partial charge on any atom is 0.269 e. The van der Waals surface area contributed by atoms with Crippen molar-refractivity contribution in [2.45, 2.75) is 13.0 Å². The van der Waals surface area contributed by atoms with Gasteiger partial charge in [0.25, 0.3) is 11.6 Å². The van der Waals surface area contributed by atoms with E-state index in [1.807, 2.05) is 0 Å². The lowest BCUT2D eigenvalue weighted by Gasteiger charge is -2.30. The van der Waals surface area contributed by atoms with E-state index in [0.717, 1.165) is 0 Å². The number of nitrogens with one attached hydrogen (secondary N) is 3. The topological polar surface area (TPSA) is 106 Å². The molecule has 8 nitrogen and oxygen atoms in total. The number of carbonyl (C=O) groups is 1. The van der Waals surface area contributed by atoms with Gasteiger partial charge in [-0.05, 0) is 61.1 Å². The summed E-state index contributed by atoms with van der Waals surface area (Å²) in [6.07, 6.45) is 0. The smallest absolute Gasteiger partial charge is 0.269 e. The number of benzene rings is 2. The van der Waals surface area contributed by atoms with Crippen LogP contribution in [0.2, 0.25) is 0 Å². The molecule has 1 unspecified atom stereocenters. The van der Waals surface area contributed by atoms with E-state index in [9.17, 15) is 14.9 Å². The first-order chi connectivity index (χ1) is 13.4. The normalized spacial score (nSPS) is 16.1. The van der Waals surface area contributed by atoms with Gasteiger partial charge in [-0.3, -0.25) is 14.9 Å². The number of amides is 1. The first-order valence-corrected chi connectivity index (χ1v) is 8.78. The summed E-state index contributed by atoms with van der Waals surface area (Å²) in [6.45, 7) is 1.76. The van der Waals surface area contributed by atoms with E-state index in [2.05, 4.69) is 16.0 Å². The van der Waals surface area contributed by atoms with Crippen LogP contribution in [-0.2, 0) is 4.79 Å². The van der Waals surface area contributed by atoms with Crippen molar-refractivity contribution in [2.24, 2.45) is 0 Å². The Balaban J connectivity index is 1.90. The Kier molecular flexibility index (Phi) is 5.55. The summed E-state index contributed by atoms with van der Waals surface area (Å²) >= 11 is 5.21. The van der Waals surface area contributed by atoms with Gasteiger partial charge in [0.15, 0.2) is 5.11 Å². The highest BCUT2D eigenvalue weighted by Crippen LogP contribution is 2.29. The third-order valence-electron chi connectivity index (χ3n) is 4.30. The van der Waals surface area contributed by atoms with E-state index in [1.165, 1.54) is 12.1 Å². The molecule has 1 aliphatic rings. The zero-order valence-electron chi connectivity index (χ0n) is 15.2. The molecule has 0 spiro atoms. The molecular weight excluding hydrogens is 380 g/mol. The number of nitro groups is 1. The lowest BCUT2D eigenvalue weighted by atomic mass is 9.94. The SMILES string of the molecule is COc1ccc(NC(=O)C2=C(C)NC(=S)NC2c2ccc([N+](=O)[O-])cc2)cc1. The average molecular weight is 398 g/mol. The largest absolute Gasteiger partial charge is 0.497 e. The molecule has 3 N–H and O–H groups in total. The van der Waals surface area contributed by atoms with Gasteiger partial charge in [0.2, 0.25) is 0 Å². The highest BCUT2D eigenvalue weighted by Gasteiger charge is 2.30. The van der Waals surface area contributed by atoms with Gasteiger partial charge in [-0.2, -0.15) is 0 Å². The number of nitrogens with zero attached hydrogens (tertiary/aromatic N) is 1. The van der Waals surface area contributed by atoms with E-state index in [0.29, 0.717) is 33.4 Å². The van der Waals surface area contributed by atoms with Crippen molar-refractivity contribution < 1.29 is 14.5 Å².